The van der Waals surface area contributed by atoms with E-state index in [2.05, 4.69) is 23.3 Å². The SMILES string of the molecule is CCCCCCCCCC(=O)OC(=O)C(N)CC(=O)[O-].CCCCCCCCCC(=O)OC(=O)C(N)CC(=O)[O-].[K+].[K+]. The van der Waals surface area contributed by atoms with Crippen LogP contribution in [0.3, 0.4) is 0 Å². The van der Waals surface area contributed by atoms with Gasteiger partial charge in [-0.15, -0.1) is 0 Å². The van der Waals surface area contributed by atoms with Gasteiger partial charge in [0.05, 0.1) is 0 Å². The predicted molar refractivity (Wildman–Crippen MR) is 143 cm³/mol. The van der Waals surface area contributed by atoms with Crippen LogP contribution in [0.4, 0.5) is 0 Å². The Hall–Kier alpha value is 0.413. The molecule has 4 N–H and O–H groups in total. The van der Waals surface area contributed by atoms with Gasteiger partial charge in [0.1, 0.15) is 12.1 Å². The zero-order chi connectivity index (χ0) is 30.8. The summed E-state index contributed by atoms with van der Waals surface area (Å²) < 4.78 is 8.93. The van der Waals surface area contributed by atoms with Gasteiger partial charge < -0.3 is 40.7 Å². The Morgan fingerprint density at radius 2 is 0.786 bits per heavy atom. The molecule has 0 aromatic rings. The van der Waals surface area contributed by atoms with Crippen LogP contribution in [0, 0.1) is 0 Å². The molecule has 2 atom stereocenters. The average Bonchev–Trinajstić information content (AvgIpc) is 2.87. The van der Waals surface area contributed by atoms with Crippen molar-refractivity contribution < 1.29 is 151 Å². The van der Waals surface area contributed by atoms with Gasteiger partial charge in [0.2, 0.25) is 0 Å². The van der Waals surface area contributed by atoms with E-state index in [1.54, 1.807) is 0 Å². The molecular formula is C28H48K2N2O10. The number of rotatable bonds is 22. The van der Waals surface area contributed by atoms with E-state index in [4.69, 9.17) is 11.5 Å². The van der Waals surface area contributed by atoms with Gasteiger partial charge in [-0.2, -0.15) is 0 Å². The van der Waals surface area contributed by atoms with Crippen molar-refractivity contribution in [2.75, 3.05) is 0 Å². The van der Waals surface area contributed by atoms with Crippen LogP contribution < -0.4 is 124 Å². The minimum atomic E-state index is -1.45. The molecule has 0 spiro atoms. The molecule has 0 heterocycles. The zero-order valence-electron chi connectivity index (χ0n) is 26.1. The van der Waals surface area contributed by atoms with E-state index in [1.807, 2.05) is 0 Å². The fourth-order valence-electron chi connectivity index (χ4n) is 3.46. The van der Waals surface area contributed by atoms with Gasteiger partial charge in [-0.25, -0.2) is 9.59 Å². The number of carbonyl (C=O) groups is 6. The first-order chi connectivity index (χ1) is 18.9. The maximum Gasteiger partial charge on any atom is 1.00 e. The van der Waals surface area contributed by atoms with Crippen molar-refractivity contribution >= 4 is 35.8 Å². The fourth-order valence-corrected chi connectivity index (χ4v) is 3.46. The Balaban J connectivity index is -0.000000328. The molecule has 0 amide bonds. The smallest absolute Gasteiger partial charge is 0.550 e. The Morgan fingerprint density at radius 1 is 0.524 bits per heavy atom. The maximum absolute atomic E-state index is 11.3. The molecule has 0 bridgehead atoms. The predicted octanol–water partition coefficient (Wildman–Crippen LogP) is -4.66. The molecular weight excluding hydrogens is 603 g/mol. The average molecular weight is 651 g/mol. The van der Waals surface area contributed by atoms with Crippen LogP contribution in [0.5, 0.6) is 0 Å². The van der Waals surface area contributed by atoms with Crippen LogP contribution in [0.15, 0.2) is 0 Å². The van der Waals surface area contributed by atoms with Crippen molar-refractivity contribution in [2.45, 2.75) is 142 Å². The Morgan fingerprint density at radius 3 is 1.05 bits per heavy atom. The van der Waals surface area contributed by atoms with Gasteiger partial charge >= 0.3 is 127 Å². The van der Waals surface area contributed by atoms with Crippen LogP contribution in [0.1, 0.15) is 129 Å². The first-order valence-electron chi connectivity index (χ1n) is 14.3. The summed E-state index contributed by atoms with van der Waals surface area (Å²) >= 11 is 0. The standard InChI is InChI=1S/2C14H25NO5.2K/c2*1-2-3-4-5-6-7-8-9-13(18)20-14(19)11(15)10-12(16)17;;/h2*11H,2-10,15H2,1H3,(H,16,17);;/q;;2*+1/p-2. The summed E-state index contributed by atoms with van der Waals surface area (Å²) in [5.74, 6) is -6.23. The van der Waals surface area contributed by atoms with Gasteiger partial charge in [-0.3, -0.25) is 9.59 Å². The maximum atomic E-state index is 11.3. The molecule has 12 nitrogen and oxygen atoms in total. The first kappa shape index (κ1) is 49.3. The number of nitrogens with two attached hydrogens (primary N) is 2. The summed E-state index contributed by atoms with van der Waals surface area (Å²) in [7, 11) is 0. The second kappa shape index (κ2) is 34.3. The molecule has 0 saturated carbocycles. The molecule has 0 radical (unpaired) electrons. The van der Waals surface area contributed by atoms with E-state index in [0.717, 1.165) is 38.5 Å². The van der Waals surface area contributed by atoms with Crippen LogP contribution in [-0.2, 0) is 38.2 Å². The largest absolute Gasteiger partial charge is 1.00 e. The van der Waals surface area contributed by atoms with Crippen molar-refractivity contribution in [1.29, 1.82) is 0 Å². The molecule has 232 valence electrons. The Kier molecular flexibility index (Phi) is 40.2. The zero-order valence-corrected chi connectivity index (χ0v) is 32.4. The normalized spacial score (nSPS) is 11.3. The number of hydrogen-bond donors (Lipinski definition) is 2. The minimum Gasteiger partial charge on any atom is -0.550 e. The van der Waals surface area contributed by atoms with E-state index in [1.165, 1.54) is 38.5 Å². The molecule has 2 unspecified atom stereocenters. The van der Waals surface area contributed by atoms with Crippen molar-refractivity contribution in [3.8, 4) is 0 Å². The van der Waals surface area contributed by atoms with Crippen LogP contribution in [0.2, 0.25) is 0 Å². The van der Waals surface area contributed by atoms with Gasteiger partial charge in [-0.1, -0.05) is 90.9 Å². The van der Waals surface area contributed by atoms with Gasteiger partial charge in [0, 0.05) is 37.6 Å². The quantitative estimate of drug-likeness (QED) is 0.0489. The van der Waals surface area contributed by atoms with E-state index < -0.39 is 60.7 Å². The molecule has 0 aromatic heterocycles. The summed E-state index contributed by atoms with van der Waals surface area (Å²) in [4.78, 5) is 65.6. The third kappa shape index (κ3) is 34.9. The summed E-state index contributed by atoms with van der Waals surface area (Å²) in [6.07, 6.45) is 13.8. The van der Waals surface area contributed by atoms with E-state index in [9.17, 15) is 39.0 Å². The third-order valence-electron chi connectivity index (χ3n) is 5.78. The summed E-state index contributed by atoms with van der Waals surface area (Å²) in [5, 5.41) is 20.5. The topological polar surface area (TPSA) is 219 Å². The van der Waals surface area contributed by atoms with E-state index in [0.29, 0.717) is 12.8 Å². The number of carbonyl (C=O) groups excluding carboxylic acids is 6. The molecule has 0 fully saturated rings. The number of ether oxygens (including phenoxy) is 2. The van der Waals surface area contributed by atoms with Gasteiger partial charge in [0.25, 0.3) is 0 Å². The number of aliphatic carboxylic acids is 2. The van der Waals surface area contributed by atoms with E-state index >= 15 is 0 Å². The van der Waals surface area contributed by atoms with Crippen LogP contribution in [-0.4, -0.2) is 47.9 Å². The summed E-state index contributed by atoms with van der Waals surface area (Å²) in [6.45, 7) is 4.30. The molecule has 0 aliphatic rings. The minimum absolute atomic E-state index is 0. The van der Waals surface area contributed by atoms with Crippen LogP contribution in [0.25, 0.3) is 0 Å². The molecule has 0 saturated heterocycles. The third-order valence-corrected chi connectivity index (χ3v) is 5.78. The molecule has 0 aliphatic carbocycles. The number of hydrogen-bond acceptors (Lipinski definition) is 12. The number of esters is 4. The first-order valence-corrected chi connectivity index (χ1v) is 14.3. The summed E-state index contributed by atoms with van der Waals surface area (Å²) in [6, 6.07) is -2.70. The second-order valence-corrected chi connectivity index (χ2v) is 9.69. The van der Waals surface area contributed by atoms with Gasteiger partial charge in [0.15, 0.2) is 0 Å². The molecule has 0 rings (SSSR count). The van der Waals surface area contributed by atoms with Gasteiger partial charge in [-0.05, 0) is 12.8 Å². The Bertz CT molecular complexity index is 707. The molecule has 42 heavy (non-hydrogen) atoms. The van der Waals surface area contributed by atoms with Crippen molar-refractivity contribution in [2.24, 2.45) is 11.5 Å². The number of carboxylic acid groups (broad SMARTS) is 2. The second-order valence-electron chi connectivity index (χ2n) is 9.69. The fraction of sp³-hybridized carbons (Fsp3) is 0.786. The molecule has 0 aliphatic heterocycles. The van der Waals surface area contributed by atoms with Crippen molar-refractivity contribution in [1.82, 2.24) is 0 Å². The van der Waals surface area contributed by atoms with Crippen molar-refractivity contribution in [3.63, 3.8) is 0 Å². The monoisotopic (exact) mass is 650 g/mol. The number of carboxylic acids is 2. The molecule has 0 aromatic carbocycles. The van der Waals surface area contributed by atoms with E-state index in [-0.39, 0.29) is 116 Å². The molecule has 14 heteroatoms. The van der Waals surface area contributed by atoms with Crippen LogP contribution >= 0.6 is 0 Å². The summed E-state index contributed by atoms with van der Waals surface area (Å²) in [5.41, 5.74) is 10.5. The number of unbranched alkanes of at least 4 members (excludes halogenated alkanes) is 12. The Labute approximate surface area is 335 Å². The van der Waals surface area contributed by atoms with Crippen molar-refractivity contribution in [3.05, 3.63) is 0 Å².